The number of benzene rings is 1. The molecule has 1 aliphatic carbocycles. The molecule has 1 saturated heterocycles. The SMILES string of the molecule is O=C(c1cc2c([nH]c1=O)CCCC2)N1CCCC(Oc2ccccc2Cl)C1. The lowest BCUT2D eigenvalue weighted by Gasteiger charge is -2.33. The number of aryl methyl sites for hydroxylation is 2. The molecule has 1 aromatic carbocycles. The van der Waals surface area contributed by atoms with Crippen LogP contribution in [0.25, 0.3) is 0 Å². The van der Waals surface area contributed by atoms with Crippen LogP contribution in [0.15, 0.2) is 35.1 Å². The minimum absolute atomic E-state index is 0.126. The van der Waals surface area contributed by atoms with Crippen molar-refractivity contribution in [3.8, 4) is 5.75 Å². The van der Waals surface area contributed by atoms with Crippen molar-refractivity contribution in [2.45, 2.75) is 44.6 Å². The highest BCUT2D eigenvalue weighted by atomic mass is 35.5. The van der Waals surface area contributed by atoms with Crippen molar-refractivity contribution in [1.29, 1.82) is 0 Å². The smallest absolute Gasteiger partial charge is 0.261 e. The van der Waals surface area contributed by atoms with Gasteiger partial charge in [-0.05, 0) is 62.3 Å². The maximum atomic E-state index is 13.0. The number of amides is 1. The quantitative estimate of drug-likeness (QED) is 0.876. The van der Waals surface area contributed by atoms with E-state index in [-0.39, 0.29) is 23.1 Å². The van der Waals surface area contributed by atoms with Crippen LogP contribution < -0.4 is 10.3 Å². The summed E-state index contributed by atoms with van der Waals surface area (Å²) in [4.78, 5) is 30.1. The predicted octanol–water partition coefficient (Wildman–Crippen LogP) is 3.59. The second-order valence-electron chi connectivity index (χ2n) is 7.29. The summed E-state index contributed by atoms with van der Waals surface area (Å²) in [6.45, 7) is 1.10. The molecule has 2 heterocycles. The molecular formula is C21H23ClN2O3. The second kappa shape index (κ2) is 7.77. The second-order valence-corrected chi connectivity index (χ2v) is 7.69. The van der Waals surface area contributed by atoms with Gasteiger partial charge in [0.25, 0.3) is 11.5 Å². The largest absolute Gasteiger partial charge is 0.487 e. The number of aromatic nitrogens is 1. The first-order chi connectivity index (χ1) is 13.1. The van der Waals surface area contributed by atoms with Crippen LogP contribution in [0.3, 0.4) is 0 Å². The number of piperidine rings is 1. The van der Waals surface area contributed by atoms with Crippen LogP contribution in [0, 0.1) is 0 Å². The van der Waals surface area contributed by atoms with Crippen LogP contribution >= 0.6 is 11.6 Å². The number of aromatic amines is 1. The Morgan fingerprint density at radius 2 is 2.00 bits per heavy atom. The standard InChI is InChI=1S/C21H23ClN2O3/c22-17-8-2-4-10-19(17)27-15-7-5-11-24(13-15)21(26)16-12-14-6-1-3-9-18(14)23-20(16)25/h2,4,8,10,12,15H,1,3,5-7,9,11,13H2,(H,23,25). The van der Waals surface area contributed by atoms with Gasteiger partial charge >= 0.3 is 0 Å². The first-order valence-corrected chi connectivity index (χ1v) is 9.95. The number of para-hydroxylation sites is 1. The van der Waals surface area contributed by atoms with Gasteiger partial charge in [-0.15, -0.1) is 0 Å². The lowest BCUT2D eigenvalue weighted by atomic mass is 9.94. The molecule has 0 radical (unpaired) electrons. The number of nitrogens with zero attached hydrogens (tertiary/aromatic N) is 1. The highest BCUT2D eigenvalue weighted by Crippen LogP contribution is 2.27. The molecule has 5 nitrogen and oxygen atoms in total. The highest BCUT2D eigenvalue weighted by Gasteiger charge is 2.28. The molecule has 1 N–H and O–H groups in total. The third-order valence-electron chi connectivity index (χ3n) is 5.36. The third kappa shape index (κ3) is 3.88. The Kier molecular flexibility index (Phi) is 5.21. The first kappa shape index (κ1) is 18.1. The Hall–Kier alpha value is -2.27. The zero-order valence-electron chi connectivity index (χ0n) is 15.2. The van der Waals surface area contributed by atoms with Crippen LogP contribution in [-0.4, -0.2) is 35.0 Å². The predicted molar refractivity (Wildman–Crippen MR) is 105 cm³/mol. The minimum atomic E-state index is -0.283. The first-order valence-electron chi connectivity index (χ1n) is 9.57. The maximum Gasteiger partial charge on any atom is 0.261 e. The van der Waals surface area contributed by atoms with Crippen molar-refractivity contribution >= 4 is 17.5 Å². The van der Waals surface area contributed by atoms with Crippen LogP contribution in [0.4, 0.5) is 0 Å². The fourth-order valence-electron chi connectivity index (χ4n) is 3.94. The number of rotatable bonds is 3. The summed E-state index contributed by atoms with van der Waals surface area (Å²) in [5.74, 6) is 0.419. The number of ether oxygens (including phenoxy) is 1. The van der Waals surface area contributed by atoms with Crippen LogP contribution in [0.1, 0.15) is 47.3 Å². The van der Waals surface area contributed by atoms with E-state index in [4.69, 9.17) is 16.3 Å². The molecule has 1 fully saturated rings. The Labute approximate surface area is 163 Å². The molecule has 1 aromatic heterocycles. The van der Waals surface area contributed by atoms with E-state index in [1.165, 1.54) is 0 Å². The number of hydrogen-bond donors (Lipinski definition) is 1. The molecule has 0 spiro atoms. The zero-order valence-corrected chi connectivity index (χ0v) is 15.9. The average Bonchev–Trinajstić information content (AvgIpc) is 2.69. The van der Waals surface area contributed by atoms with E-state index in [1.807, 2.05) is 18.2 Å². The van der Waals surface area contributed by atoms with Crippen LogP contribution in [0.2, 0.25) is 5.02 Å². The van der Waals surface area contributed by atoms with Gasteiger partial charge in [-0.1, -0.05) is 23.7 Å². The lowest BCUT2D eigenvalue weighted by Crippen LogP contribution is -2.45. The van der Waals surface area contributed by atoms with E-state index < -0.39 is 0 Å². The Morgan fingerprint density at radius 1 is 1.19 bits per heavy atom. The molecule has 1 unspecified atom stereocenters. The van der Waals surface area contributed by atoms with E-state index >= 15 is 0 Å². The number of nitrogens with one attached hydrogen (secondary N) is 1. The summed E-state index contributed by atoms with van der Waals surface area (Å²) in [6.07, 6.45) is 5.56. The zero-order chi connectivity index (χ0) is 18.8. The molecular weight excluding hydrogens is 364 g/mol. The van der Waals surface area contributed by atoms with Gasteiger partial charge < -0.3 is 14.6 Å². The number of carbonyl (C=O) groups is 1. The van der Waals surface area contributed by atoms with E-state index in [1.54, 1.807) is 17.0 Å². The van der Waals surface area contributed by atoms with Gasteiger partial charge in [0.2, 0.25) is 0 Å². The van der Waals surface area contributed by atoms with E-state index in [0.29, 0.717) is 23.9 Å². The maximum absolute atomic E-state index is 13.0. The average molecular weight is 387 g/mol. The third-order valence-corrected chi connectivity index (χ3v) is 5.68. The van der Waals surface area contributed by atoms with E-state index in [9.17, 15) is 9.59 Å². The minimum Gasteiger partial charge on any atom is -0.487 e. The summed E-state index contributed by atoms with van der Waals surface area (Å²) >= 11 is 6.18. The van der Waals surface area contributed by atoms with Gasteiger partial charge in [0.05, 0.1) is 11.6 Å². The van der Waals surface area contributed by atoms with Gasteiger partial charge in [0.15, 0.2) is 0 Å². The molecule has 2 aliphatic rings. The Balaban J connectivity index is 1.50. The van der Waals surface area contributed by atoms with Gasteiger partial charge in [-0.25, -0.2) is 0 Å². The number of halogens is 1. The highest BCUT2D eigenvalue weighted by molar-refractivity contribution is 6.32. The number of H-pyrrole nitrogens is 1. The topological polar surface area (TPSA) is 62.4 Å². The van der Waals surface area contributed by atoms with Gasteiger partial charge in [0, 0.05) is 12.2 Å². The normalized spacial score (nSPS) is 19.4. The molecule has 0 saturated carbocycles. The molecule has 6 heteroatoms. The van der Waals surface area contributed by atoms with E-state index in [0.717, 1.165) is 49.8 Å². The number of fused-ring (bicyclic) bond motifs is 1. The molecule has 0 bridgehead atoms. The van der Waals surface area contributed by atoms with E-state index in [2.05, 4.69) is 4.98 Å². The van der Waals surface area contributed by atoms with Crippen LogP contribution in [0.5, 0.6) is 5.75 Å². The molecule has 27 heavy (non-hydrogen) atoms. The summed E-state index contributed by atoms with van der Waals surface area (Å²) in [6, 6.07) is 9.15. The van der Waals surface area contributed by atoms with Gasteiger partial charge in [-0.2, -0.15) is 0 Å². The van der Waals surface area contributed by atoms with Gasteiger partial charge in [0.1, 0.15) is 17.4 Å². The molecule has 1 aliphatic heterocycles. The van der Waals surface area contributed by atoms with Crippen molar-refractivity contribution in [3.63, 3.8) is 0 Å². The number of likely N-dealkylation sites (tertiary alicyclic amines) is 1. The fraction of sp³-hybridized carbons (Fsp3) is 0.429. The number of pyridine rings is 1. The molecule has 142 valence electrons. The monoisotopic (exact) mass is 386 g/mol. The number of carbonyl (C=O) groups excluding carboxylic acids is 1. The summed E-state index contributed by atoms with van der Waals surface area (Å²) < 4.78 is 6.01. The summed E-state index contributed by atoms with van der Waals surface area (Å²) in [5, 5.41) is 0.562. The van der Waals surface area contributed by atoms with Crippen molar-refractivity contribution in [2.75, 3.05) is 13.1 Å². The van der Waals surface area contributed by atoms with Crippen molar-refractivity contribution in [1.82, 2.24) is 9.88 Å². The van der Waals surface area contributed by atoms with Crippen molar-refractivity contribution in [3.05, 3.63) is 62.5 Å². The summed E-state index contributed by atoms with van der Waals surface area (Å²) in [5.41, 5.74) is 2.05. The molecule has 1 atom stereocenters. The van der Waals surface area contributed by atoms with Crippen molar-refractivity contribution < 1.29 is 9.53 Å². The lowest BCUT2D eigenvalue weighted by molar-refractivity contribution is 0.0536. The Bertz CT molecular complexity index is 909. The van der Waals surface area contributed by atoms with Crippen molar-refractivity contribution in [2.24, 2.45) is 0 Å². The van der Waals surface area contributed by atoms with Gasteiger partial charge in [-0.3, -0.25) is 9.59 Å². The summed E-state index contributed by atoms with van der Waals surface area (Å²) in [7, 11) is 0. The van der Waals surface area contributed by atoms with Crippen LogP contribution in [-0.2, 0) is 12.8 Å². The number of hydrogen-bond acceptors (Lipinski definition) is 3. The molecule has 2 aromatic rings. The molecule has 1 amide bonds. The molecule has 4 rings (SSSR count). The fourth-order valence-corrected chi connectivity index (χ4v) is 4.12. The Morgan fingerprint density at radius 3 is 2.85 bits per heavy atom.